The van der Waals surface area contributed by atoms with E-state index in [1.165, 1.54) is 9.80 Å². The number of quaternary nitrogens is 2. The molecule has 0 saturated carbocycles. The third kappa shape index (κ3) is 3.16. The summed E-state index contributed by atoms with van der Waals surface area (Å²) in [5.41, 5.74) is 1.74. The molecule has 0 spiro atoms. The Balaban J connectivity index is 1.72. The molecule has 2 aliphatic heterocycles. The van der Waals surface area contributed by atoms with Gasteiger partial charge in [0.2, 0.25) is 5.91 Å². The predicted molar refractivity (Wildman–Crippen MR) is 93.6 cm³/mol. The molecule has 0 radical (unpaired) electrons. The van der Waals surface area contributed by atoms with Crippen molar-refractivity contribution < 1.29 is 19.4 Å². The molecule has 0 aromatic heterocycles. The van der Waals surface area contributed by atoms with Gasteiger partial charge in [0, 0.05) is 19.8 Å². The molecule has 130 valence electrons. The molecule has 6 heteroatoms. The minimum absolute atomic E-state index is 0.0347. The first-order valence-electron chi connectivity index (χ1n) is 8.83. The van der Waals surface area contributed by atoms with Crippen LogP contribution in [0.5, 0.6) is 0 Å². The molecule has 2 N–H and O–H groups in total. The van der Waals surface area contributed by atoms with Crippen molar-refractivity contribution in [1.82, 2.24) is 0 Å². The maximum Gasteiger partial charge on any atom is 0.292 e. The first kappa shape index (κ1) is 16.9. The van der Waals surface area contributed by atoms with Crippen molar-refractivity contribution in [2.24, 2.45) is 0 Å². The minimum Gasteiger partial charge on any atom is -0.378 e. The van der Waals surface area contributed by atoms with Crippen LogP contribution in [0.2, 0.25) is 0 Å². The van der Waals surface area contributed by atoms with E-state index in [1.54, 1.807) is 4.90 Å². The van der Waals surface area contributed by atoms with E-state index in [0.717, 1.165) is 38.4 Å². The third-order valence-corrected chi connectivity index (χ3v) is 5.36. The minimum atomic E-state index is -0.204. The summed E-state index contributed by atoms with van der Waals surface area (Å²) in [4.78, 5) is 31.6. The Morgan fingerprint density at radius 3 is 2.25 bits per heavy atom. The topological polar surface area (TPSA) is 49.5 Å². The number of likely N-dealkylation sites (N-methyl/N-ethyl adjacent to an activating group) is 1. The highest BCUT2D eigenvalue weighted by atomic mass is 16.2. The van der Waals surface area contributed by atoms with Gasteiger partial charge in [-0.3, -0.25) is 9.59 Å². The molecule has 2 saturated heterocycles. The standard InChI is InChI=1S/C18H26N4O2/c1-4-20-9-11-21(12-10-20)16-13-17(23)22(18(16)24)15-7-5-14(6-8-15)19(2)3/h5-8,16H,4,9-13H2,1-3H3/p+2. The lowest BCUT2D eigenvalue weighted by atomic mass is 10.1. The third-order valence-electron chi connectivity index (χ3n) is 5.36. The predicted octanol–water partition coefficient (Wildman–Crippen LogP) is -1.81. The molecular formula is C18H28N4O2+2. The highest BCUT2D eigenvalue weighted by Crippen LogP contribution is 2.24. The van der Waals surface area contributed by atoms with Crippen molar-refractivity contribution in [3.8, 4) is 0 Å². The van der Waals surface area contributed by atoms with Crippen LogP contribution in [-0.2, 0) is 9.59 Å². The van der Waals surface area contributed by atoms with Crippen molar-refractivity contribution in [2.45, 2.75) is 19.4 Å². The van der Waals surface area contributed by atoms with Crippen molar-refractivity contribution in [1.29, 1.82) is 0 Å². The van der Waals surface area contributed by atoms with Crippen LogP contribution < -0.4 is 19.6 Å². The number of hydrogen-bond acceptors (Lipinski definition) is 3. The number of nitrogens with one attached hydrogen (secondary N) is 2. The van der Waals surface area contributed by atoms with Crippen molar-refractivity contribution in [2.75, 3.05) is 56.6 Å². The van der Waals surface area contributed by atoms with Gasteiger partial charge >= 0.3 is 0 Å². The largest absolute Gasteiger partial charge is 0.378 e. The molecule has 1 aromatic rings. The van der Waals surface area contributed by atoms with Crippen molar-refractivity contribution in [3.63, 3.8) is 0 Å². The first-order valence-corrected chi connectivity index (χ1v) is 8.83. The van der Waals surface area contributed by atoms with Gasteiger partial charge in [0.15, 0.2) is 6.04 Å². The number of imide groups is 1. The van der Waals surface area contributed by atoms with Crippen LogP contribution in [0.25, 0.3) is 0 Å². The monoisotopic (exact) mass is 332 g/mol. The van der Waals surface area contributed by atoms with E-state index in [4.69, 9.17) is 0 Å². The zero-order chi connectivity index (χ0) is 17.3. The van der Waals surface area contributed by atoms with Gasteiger partial charge in [-0.15, -0.1) is 0 Å². The molecule has 2 amide bonds. The van der Waals surface area contributed by atoms with Gasteiger partial charge in [0.1, 0.15) is 26.2 Å². The molecule has 2 aliphatic rings. The van der Waals surface area contributed by atoms with Crippen LogP contribution in [-0.4, -0.2) is 64.7 Å². The lowest BCUT2D eigenvalue weighted by Crippen LogP contribution is -3.29. The Hall–Kier alpha value is -1.92. The number of rotatable bonds is 4. The summed E-state index contributed by atoms with van der Waals surface area (Å²) in [6, 6.07) is 7.41. The summed E-state index contributed by atoms with van der Waals surface area (Å²) < 4.78 is 0. The van der Waals surface area contributed by atoms with E-state index in [-0.39, 0.29) is 17.9 Å². The summed E-state index contributed by atoms with van der Waals surface area (Å²) in [6.07, 6.45) is 0.338. The summed E-state index contributed by atoms with van der Waals surface area (Å²) in [5, 5.41) is 0. The Kier molecular flexibility index (Phi) is 4.87. The summed E-state index contributed by atoms with van der Waals surface area (Å²) in [5.74, 6) is -0.104. The zero-order valence-electron chi connectivity index (χ0n) is 14.8. The molecule has 0 aliphatic carbocycles. The average Bonchev–Trinajstić information content (AvgIpc) is 2.89. The van der Waals surface area contributed by atoms with Crippen LogP contribution in [0.15, 0.2) is 24.3 Å². The highest BCUT2D eigenvalue weighted by molar-refractivity contribution is 6.21. The van der Waals surface area contributed by atoms with E-state index in [2.05, 4.69) is 6.92 Å². The lowest BCUT2D eigenvalue weighted by Gasteiger charge is -2.31. The van der Waals surface area contributed by atoms with Gasteiger partial charge in [-0.2, -0.15) is 0 Å². The second-order valence-corrected chi connectivity index (χ2v) is 7.00. The van der Waals surface area contributed by atoms with Crippen LogP contribution in [0.1, 0.15) is 13.3 Å². The molecule has 24 heavy (non-hydrogen) atoms. The van der Waals surface area contributed by atoms with Crippen LogP contribution >= 0.6 is 0 Å². The normalized spacial score (nSPS) is 27.6. The molecule has 3 rings (SSSR count). The molecule has 1 aromatic carbocycles. The van der Waals surface area contributed by atoms with Crippen molar-refractivity contribution >= 4 is 23.2 Å². The van der Waals surface area contributed by atoms with Gasteiger partial charge in [0.05, 0.1) is 18.7 Å². The van der Waals surface area contributed by atoms with E-state index in [1.807, 2.05) is 43.3 Å². The second kappa shape index (κ2) is 6.91. The fourth-order valence-corrected chi connectivity index (χ4v) is 3.75. The number of amides is 2. The van der Waals surface area contributed by atoms with Gasteiger partial charge in [0.25, 0.3) is 5.91 Å². The number of benzene rings is 1. The van der Waals surface area contributed by atoms with Crippen LogP contribution in [0.3, 0.4) is 0 Å². The quantitative estimate of drug-likeness (QED) is 0.639. The maximum absolute atomic E-state index is 12.9. The number of hydrogen-bond donors (Lipinski definition) is 2. The average molecular weight is 332 g/mol. The van der Waals surface area contributed by atoms with E-state index in [0.29, 0.717) is 12.1 Å². The number of carbonyl (C=O) groups excluding carboxylic acids is 2. The van der Waals surface area contributed by atoms with Gasteiger partial charge in [-0.05, 0) is 31.2 Å². The summed E-state index contributed by atoms with van der Waals surface area (Å²) >= 11 is 0. The number of piperazine rings is 1. The SMILES string of the molecule is CC[NH+]1CC[NH+](C2CC(=O)N(c3ccc(N(C)C)cc3)C2=O)CC1. The molecule has 2 fully saturated rings. The van der Waals surface area contributed by atoms with Gasteiger partial charge in [-0.1, -0.05) is 0 Å². The van der Waals surface area contributed by atoms with E-state index in [9.17, 15) is 9.59 Å². The second-order valence-electron chi connectivity index (χ2n) is 7.00. The van der Waals surface area contributed by atoms with Crippen LogP contribution in [0.4, 0.5) is 11.4 Å². The Bertz CT molecular complexity index is 606. The zero-order valence-corrected chi connectivity index (χ0v) is 14.8. The molecule has 6 nitrogen and oxygen atoms in total. The Labute approximate surface area is 143 Å². The smallest absolute Gasteiger partial charge is 0.292 e. The maximum atomic E-state index is 12.9. The number of anilines is 2. The summed E-state index contributed by atoms with van der Waals surface area (Å²) in [7, 11) is 3.94. The van der Waals surface area contributed by atoms with E-state index < -0.39 is 0 Å². The van der Waals surface area contributed by atoms with Crippen LogP contribution in [0, 0.1) is 0 Å². The number of carbonyl (C=O) groups is 2. The first-order chi connectivity index (χ1) is 11.5. The highest BCUT2D eigenvalue weighted by Gasteiger charge is 2.46. The van der Waals surface area contributed by atoms with E-state index >= 15 is 0 Å². The molecular weight excluding hydrogens is 304 g/mol. The molecule has 1 unspecified atom stereocenters. The van der Waals surface area contributed by atoms with Gasteiger partial charge < -0.3 is 14.7 Å². The number of nitrogens with zero attached hydrogens (tertiary/aromatic N) is 2. The molecule has 2 heterocycles. The lowest BCUT2D eigenvalue weighted by molar-refractivity contribution is -1.02. The van der Waals surface area contributed by atoms with Gasteiger partial charge in [-0.25, -0.2) is 4.90 Å². The fraction of sp³-hybridized carbons (Fsp3) is 0.556. The Morgan fingerprint density at radius 2 is 1.71 bits per heavy atom. The summed E-state index contributed by atoms with van der Waals surface area (Å²) in [6.45, 7) is 7.45. The van der Waals surface area contributed by atoms with Crippen molar-refractivity contribution in [3.05, 3.63) is 24.3 Å². The molecule has 0 bridgehead atoms. The Morgan fingerprint density at radius 1 is 1.08 bits per heavy atom. The fourth-order valence-electron chi connectivity index (χ4n) is 3.75. The molecule has 1 atom stereocenters.